The van der Waals surface area contributed by atoms with E-state index in [0.29, 0.717) is 0 Å². The Morgan fingerprint density at radius 1 is 0.705 bits per heavy atom. The maximum Gasteiger partial charge on any atom is 0.325 e. The summed E-state index contributed by atoms with van der Waals surface area (Å²) >= 11 is 4.12. The molecule has 0 rings (SSSR count). The summed E-state index contributed by atoms with van der Waals surface area (Å²) in [5.74, 6) is -7.46. The zero-order valence-electron chi connectivity index (χ0n) is 25.5. The first kappa shape index (κ1) is 40.1. The average molecular weight is 648 g/mol. The second-order valence-corrected chi connectivity index (χ2v) is 11.2. The summed E-state index contributed by atoms with van der Waals surface area (Å²) in [7, 11) is 0. The molecule has 0 aromatic rings. The van der Waals surface area contributed by atoms with Crippen LogP contribution >= 0.6 is 12.6 Å². The molecule has 250 valence electrons. The number of carboxylic acid groups (broad SMARTS) is 2. The van der Waals surface area contributed by atoms with Crippen LogP contribution in [-0.4, -0.2) is 107 Å². The summed E-state index contributed by atoms with van der Waals surface area (Å²) in [6.07, 6.45) is -0.282. The zero-order chi connectivity index (χ0) is 34.1. The normalized spacial score (nSPS) is 14.3. The van der Waals surface area contributed by atoms with E-state index in [2.05, 4.69) is 44.5 Å². The van der Waals surface area contributed by atoms with Gasteiger partial charge in [0.25, 0.3) is 0 Å². The van der Waals surface area contributed by atoms with Gasteiger partial charge in [-0.3, -0.25) is 38.4 Å². The van der Waals surface area contributed by atoms with Crippen LogP contribution in [0, 0.1) is 11.8 Å². The van der Waals surface area contributed by atoms with Crippen LogP contribution in [0.4, 0.5) is 0 Å². The molecule has 5 atom stereocenters. The Labute approximate surface area is 261 Å². The topological polar surface area (TPSA) is 275 Å². The van der Waals surface area contributed by atoms with E-state index in [1.165, 1.54) is 6.92 Å². The van der Waals surface area contributed by atoms with Gasteiger partial charge in [0.15, 0.2) is 0 Å². The number of carboxylic acids is 2. The molecule has 0 aromatic carbocycles. The highest BCUT2D eigenvalue weighted by molar-refractivity contribution is 7.80. The highest BCUT2D eigenvalue weighted by Gasteiger charge is 2.31. The molecule has 44 heavy (non-hydrogen) atoms. The van der Waals surface area contributed by atoms with Crippen LogP contribution in [0.2, 0.25) is 0 Å². The molecule has 0 fully saturated rings. The van der Waals surface area contributed by atoms with Gasteiger partial charge in [-0.05, 0) is 31.6 Å². The van der Waals surface area contributed by atoms with E-state index >= 15 is 0 Å². The molecular formula is C26H45N7O10S. The van der Waals surface area contributed by atoms with Crippen LogP contribution in [0.15, 0.2) is 0 Å². The number of hydrogen-bond acceptors (Lipinski definition) is 10. The SMILES string of the molecule is CC(C)C[C@H](NC(=O)CNC(=O)CNC(=O)[C@@H](N)CCC(=O)O)C(=O)N[C@@H](CS)C(=O)N[C@H](C(=O)N[C@@H](C)C(=O)O)C(C)C. The predicted molar refractivity (Wildman–Crippen MR) is 160 cm³/mol. The Balaban J connectivity index is 5.16. The van der Waals surface area contributed by atoms with Crippen molar-refractivity contribution in [3.05, 3.63) is 0 Å². The molecule has 0 radical (unpaired) electrons. The summed E-state index contributed by atoms with van der Waals surface area (Å²) in [5, 5.41) is 32.0. The lowest BCUT2D eigenvalue weighted by molar-refractivity contribution is -0.142. The molecule has 0 aliphatic heterocycles. The van der Waals surface area contributed by atoms with Crippen molar-refractivity contribution in [2.24, 2.45) is 17.6 Å². The van der Waals surface area contributed by atoms with Gasteiger partial charge in [0.05, 0.1) is 19.1 Å². The lowest BCUT2D eigenvalue weighted by Crippen LogP contribution is -2.59. The fourth-order valence-corrected chi connectivity index (χ4v) is 3.78. The number of nitrogens with two attached hydrogens (primary N) is 1. The lowest BCUT2D eigenvalue weighted by atomic mass is 10.0. The molecule has 6 amide bonds. The predicted octanol–water partition coefficient (Wildman–Crippen LogP) is -2.91. The molecule has 0 aromatic heterocycles. The second kappa shape index (κ2) is 20.1. The van der Waals surface area contributed by atoms with E-state index in [0.717, 1.165) is 0 Å². The molecule has 17 nitrogen and oxygen atoms in total. The third kappa shape index (κ3) is 16.1. The molecule has 0 saturated heterocycles. The third-order valence-corrected chi connectivity index (χ3v) is 6.39. The van der Waals surface area contributed by atoms with Crippen molar-refractivity contribution in [1.82, 2.24) is 31.9 Å². The minimum atomic E-state index is -1.26. The van der Waals surface area contributed by atoms with E-state index in [1.54, 1.807) is 27.7 Å². The van der Waals surface area contributed by atoms with Crippen LogP contribution in [0.25, 0.3) is 0 Å². The zero-order valence-corrected chi connectivity index (χ0v) is 26.4. The van der Waals surface area contributed by atoms with Crippen molar-refractivity contribution >= 4 is 60.0 Å². The van der Waals surface area contributed by atoms with Crippen molar-refractivity contribution in [2.75, 3.05) is 18.8 Å². The van der Waals surface area contributed by atoms with Gasteiger partial charge >= 0.3 is 11.9 Å². The molecule has 0 unspecified atom stereocenters. The van der Waals surface area contributed by atoms with Crippen LogP contribution in [-0.2, 0) is 38.4 Å². The first-order chi connectivity index (χ1) is 20.4. The van der Waals surface area contributed by atoms with E-state index in [-0.39, 0.29) is 30.9 Å². The molecule has 0 heterocycles. The monoisotopic (exact) mass is 647 g/mol. The van der Waals surface area contributed by atoms with Crippen LogP contribution in [0.1, 0.15) is 53.9 Å². The smallest absolute Gasteiger partial charge is 0.325 e. The molecule has 0 bridgehead atoms. The Hall–Kier alpha value is -3.93. The maximum atomic E-state index is 13.1. The second-order valence-electron chi connectivity index (χ2n) is 10.8. The number of thiol groups is 1. The van der Waals surface area contributed by atoms with Crippen molar-refractivity contribution < 1.29 is 48.6 Å². The molecular weight excluding hydrogens is 602 g/mol. The Kier molecular flexibility index (Phi) is 18.3. The fraction of sp³-hybridized carbons (Fsp3) is 0.692. The number of aliphatic carboxylic acids is 2. The number of amides is 6. The number of rotatable bonds is 20. The summed E-state index contributed by atoms with van der Waals surface area (Å²) in [6, 6.07) is -5.76. The Morgan fingerprint density at radius 3 is 1.77 bits per heavy atom. The van der Waals surface area contributed by atoms with Crippen molar-refractivity contribution in [3.63, 3.8) is 0 Å². The summed E-state index contributed by atoms with van der Waals surface area (Å²) in [4.78, 5) is 96.7. The van der Waals surface area contributed by atoms with E-state index in [9.17, 15) is 38.4 Å². The van der Waals surface area contributed by atoms with E-state index in [4.69, 9.17) is 15.9 Å². The number of carbonyl (C=O) groups is 8. The molecule has 10 N–H and O–H groups in total. The van der Waals surface area contributed by atoms with Crippen LogP contribution < -0.4 is 37.6 Å². The summed E-state index contributed by atoms with van der Waals surface area (Å²) in [5.41, 5.74) is 5.56. The maximum absolute atomic E-state index is 13.1. The van der Waals surface area contributed by atoms with Gasteiger partial charge in [0.1, 0.15) is 24.2 Å². The van der Waals surface area contributed by atoms with E-state index < -0.39 is 96.6 Å². The largest absolute Gasteiger partial charge is 0.481 e. The standard InChI is InChI=1S/C26H45N7O10S/c1-12(2)8-16(31-19(35)10-28-18(34)9-29-22(38)15(27)6-7-20(36)37)23(39)32-17(11-44)24(40)33-21(13(3)4)25(41)30-14(5)26(42)43/h12-17,21,44H,6-11,27H2,1-5H3,(H,28,34)(H,29,38)(H,30,41)(H,31,35)(H,32,39)(H,33,40)(H,36,37)(H,42,43)/t14-,15-,16-,17-,21-/m0/s1. The quantitative estimate of drug-likeness (QED) is 0.0598. The number of hydrogen-bond donors (Lipinski definition) is 10. The highest BCUT2D eigenvalue weighted by Crippen LogP contribution is 2.07. The average Bonchev–Trinajstić information content (AvgIpc) is 2.93. The van der Waals surface area contributed by atoms with Crippen molar-refractivity contribution in [2.45, 2.75) is 84.1 Å². The highest BCUT2D eigenvalue weighted by atomic mass is 32.1. The first-order valence-corrected chi connectivity index (χ1v) is 14.6. The molecule has 18 heteroatoms. The van der Waals surface area contributed by atoms with Gasteiger partial charge in [0.2, 0.25) is 35.4 Å². The van der Waals surface area contributed by atoms with Gasteiger partial charge in [-0.2, -0.15) is 12.6 Å². The molecule has 0 saturated carbocycles. The van der Waals surface area contributed by atoms with Gasteiger partial charge in [-0.1, -0.05) is 27.7 Å². The third-order valence-electron chi connectivity index (χ3n) is 6.03. The first-order valence-electron chi connectivity index (χ1n) is 13.9. The molecule has 0 spiro atoms. The fourth-order valence-electron chi connectivity index (χ4n) is 3.52. The lowest BCUT2D eigenvalue weighted by Gasteiger charge is -2.27. The van der Waals surface area contributed by atoms with Gasteiger partial charge in [-0.15, -0.1) is 0 Å². The van der Waals surface area contributed by atoms with Crippen LogP contribution in [0.5, 0.6) is 0 Å². The molecule has 0 aliphatic rings. The minimum Gasteiger partial charge on any atom is -0.481 e. The summed E-state index contributed by atoms with van der Waals surface area (Å²) < 4.78 is 0. The van der Waals surface area contributed by atoms with Gasteiger partial charge in [-0.25, -0.2) is 0 Å². The van der Waals surface area contributed by atoms with Crippen LogP contribution in [0.3, 0.4) is 0 Å². The number of carbonyl (C=O) groups excluding carboxylic acids is 6. The Bertz CT molecular complexity index is 1060. The van der Waals surface area contributed by atoms with Gasteiger partial charge < -0.3 is 47.8 Å². The van der Waals surface area contributed by atoms with E-state index in [1.807, 2.05) is 0 Å². The van der Waals surface area contributed by atoms with Crippen molar-refractivity contribution in [3.8, 4) is 0 Å². The molecule has 0 aliphatic carbocycles. The minimum absolute atomic E-state index is 0.0743. The number of nitrogens with one attached hydrogen (secondary N) is 6. The van der Waals surface area contributed by atoms with Crippen molar-refractivity contribution in [1.29, 1.82) is 0 Å². The summed E-state index contributed by atoms with van der Waals surface area (Å²) in [6.45, 7) is 7.08. The van der Waals surface area contributed by atoms with Gasteiger partial charge in [0, 0.05) is 12.2 Å². The Morgan fingerprint density at radius 2 is 1.27 bits per heavy atom.